The van der Waals surface area contributed by atoms with Crippen LogP contribution in [0.2, 0.25) is 0 Å². The number of nitrogens with two attached hydrogens (primary N) is 1. The summed E-state index contributed by atoms with van der Waals surface area (Å²) in [6.45, 7) is 1.95. The zero-order chi connectivity index (χ0) is 24.0. The second kappa shape index (κ2) is 8.66. The number of carbonyl (C=O) groups is 1. The molecule has 1 unspecified atom stereocenters. The minimum absolute atomic E-state index is 0.00231. The van der Waals surface area contributed by atoms with E-state index in [-0.39, 0.29) is 11.4 Å². The predicted octanol–water partition coefficient (Wildman–Crippen LogP) is 5.84. The Kier molecular flexibility index (Phi) is 5.67. The molecule has 4 aromatic rings. The molecule has 3 fully saturated rings. The number of aromatic amines is 1. The third-order valence-electron chi connectivity index (χ3n) is 7.19. The molecule has 2 aromatic carbocycles. The lowest BCUT2D eigenvalue weighted by Gasteiger charge is -2.40. The lowest BCUT2D eigenvalue weighted by Crippen LogP contribution is -2.35. The van der Waals surface area contributed by atoms with Gasteiger partial charge in [0.25, 0.3) is 0 Å². The predicted molar refractivity (Wildman–Crippen MR) is 127 cm³/mol. The number of nitrogen functional groups attached to an aromatic ring is 1. The Morgan fingerprint density at radius 2 is 1.85 bits per heavy atom. The van der Waals surface area contributed by atoms with Crippen LogP contribution in [-0.2, 0) is 4.79 Å². The van der Waals surface area contributed by atoms with Gasteiger partial charge in [0.05, 0.1) is 17.0 Å². The van der Waals surface area contributed by atoms with Crippen LogP contribution in [0.1, 0.15) is 37.7 Å². The largest absolute Gasteiger partial charge is 0.481 e. The zero-order valence-electron chi connectivity index (χ0n) is 18.8. The van der Waals surface area contributed by atoms with Crippen molar-refractivity contribution >= 4 is 33.6 Å². The molecule has 2 heterocycles. The van der Waals surface area contributed by atoms with Gasteiger partial charge in [-0.05, 0) is 61.8 Å². The Morgan fingerprint density at radius 1 is 1.09 bits per heavy atom. The van der Waals surface area contributed by atoms with Crippen molar-refractivity contribution in [2.24, 2.45) is 17.8 Å². The first-order valence-corrected chi connectivity index (χ1v) is 11.5. The van der Waals surface area contributed by atoms with E-state index in [1.165, 1.54) is 31.7 Å². The highest BCUT2D eigenvalue weighted by molar-refractivity contribution is 5.96. The first kappa shape index (κ1) is 22.3. The Morgan fingerprint density at radius 3 is 2.50 bits per heavy atom. The van der Waals surface area contributed by atoms with E-state index in [2.05, 4.69) is 15.0 Å². The molecule has 2 aromatic heterocycles. The quantitative estimate of drug-likeness (QED) is 0.345. The molecule has 34 heavy (non-hydrogen) atoms. The summed E-state index contributed by atoms with van der Waals surface area (Å²) in [7, 11) is 0. The number of fused-ring (bicyclic) bond motifs is 5. The van der Waals surface area contributed by atoms with E-state index in [1.807, 2.05) is 25.1 Å². The molecule has 3 aliphatic rings. The van der Waals surface area contributed by atoms with Crippen LogP contribution in [0.4, 0.5) is 14.6 Å². The van der Waals surface area contributed by atoms with Crippen molar-refractivity contribution in [1.29, 1.82) is 0 Å². The smallest absolute Gasteiger partial charge is 0.306 e. The average Bonchev–Trinajstić information content (AvgIpc) is 3.24. The van der Waals surface area contributed by atoms with Gasteiger partial charge in [0.15, 0.2) is 5.82 Å². The third kappa shape index (κ3) is 4.08. The van der Waals surface area contributed by atoms with Crippen LogP contribution >= 0.6 is 0 Å². The first-order chi connectivity index (χ1) is 16.3. The normalized spacial score (nSPS) is 21.4. The topological polar surface area (TPSA) is 105 Å². The molecular weight excluding hydrogens is 438 g/mol. The van der Waals surface area contributed by atoms with Gasteiger partial charge in [-0.15, -0.1) is 0 Å². The maximum atomic E-state index is 13.8. The molecule has 4 N–H and O–H groups in total. The number of halogens is 2. The highest BCUT2D eigenvalue weighted by atomic mass is 19.1. The van der Waals surface area contributed by atoms with Gasteiger partial charge in [0.1, 0.15) is 17.5 Å². The number of H-pyrrole nitrogens is 1. The van der Waals surface area contributed by atoms with Gasteiger partial charge >= 0.3 is 5.97 Å². The van der Waals surface area contributed by atoms with Crippen LogP contribution in [0.5, 0.6) is 0 Å². The second-order valence-electron chi connectivity index (χ2n) is 9.43. The van der Waals surface area contributed by atoms with Gasteiger partial charge in [-0.1, -0.05) is 18.9 Å². The summed E-state index contributed by atoms with van der Waals surface area (Å²) in [6.07, 6.45) is 7.43. The maximum absolute atomic E-state index is 13.8. The minimum atomic E-state index is -0.657. The van der Waals surface area contributed by atoms with Crippen molar-refractivity contribution in [2.45, 2.75) is 39.0 Å². The summed E-state index contributed by atoms with van der Waals surface area (Å²) in [5, 5.41) is 9.99. The van der Waals surface area contributed by atoms with Crippen LogP contribution in [0.3, 0.4) is 0 Å². The number of rotatable bonds is 2. The van der Waals surface area contributed by atoms with Crippen LogP contribution in [0, 0.1) is 36.3 Å². The Bertz CT molecular complexity index is 1390. The fourth-order valence-electron chi connectivity index (χ4n) is 5.40. The van der Waals surface area contributed by atoms with Crippen LogP contribution < -0.4 is 5.73 Å². The number of aromatic nitrogens is 3. The van der Waals surface area contributed by atoms with Crippen molar-refractivity contribution in [1.82, 2.24) is 15.0 Å². The lowest BCUT2D eigenvalue weighted by atomic mass is 9.65. The van der Waals surface area contributed by atoms with E-state index in [4.69, 9.17) is 10.8 Å². The van der Waals surface area contributed by atoms with E-state index < -0.39 is 17.6 Å². The SMILES string of the molecule is Cc1ccc2c(N)nc(-c3c[nH]c4c(F)cc(F)cc34)nc2c1.O=C(O)C1CC2CCC1CC2. The summed E-state index contributed by atoms with van der Waals surface area (Å²) < 4.78 is 27.4. The molecule has 3 saturated carbocycles. The van der Waals surface area contributed by atoms with Crippen molar-refractivity contribution in [2.75, 3.05) is 5.73 Å². The van der Waals surface area contributed by atoms with E-state index in [0.29, 0.717) is 34.0 Å². The average molecular weight is 465 g/mol. The van der Waals surface area contributed by atoms with Gasteiger partial charge < -0.3 is 15.8 Å². The number of nitrogens with one attached hydrogen (secondary N) is 1. The van der Waals surface area contributed by atoms with Crippen molar-refractivity contribution in [3.05, 3.63) is 53.7 Å². The number of carboxylic acid groups (broad SMARTS) is 1. The van der Waals surface area contributed by atoms with Crippen LogP contribution in [0.15, 0.2) is 36.5 Å². The van der Waals surface area contributed by atoms with Crippen LogP contribution in [0.25, 0.3) is 33.2 Å². The number of hydrogen-bond acceptors (Lipinski definition) is 4. The zero-order valence-corrected chi connectivity index (χ0v) is 18.8. The monoisotopic (exact) mass is 464 g/mol. The Hall–Kier alpha value is -3.55. The van der Waals surface area contributed by atoms with Crippen LogP contribution in [-0.4, -0.2) is 26.0 Å². The lowest BCUT2D eigenvalue weighted by molar-refractivity contribution is -0.147. The first-order valence-electron chi connectivity index (χ1n) is 11.5. The standard InChI is InChI=1S/C17H12F2N4.C9H14O2/c1-8-2-3-10-14(4-8)22-17(23-16(10)20)12-7-21-15-11(12)5-9(18)6-13(15)19;10-9(11)8-5-6-1-3-7(8)4-2-6/h2-7,21H,1H3,(H2,20,22,23);6-8H,1-5H2,(H,10,11). The van der Waals surface area contributed by atoms with E-state index in [9.17, 15) is 13.6 Å². The fraction of sp³-hybridized carbons (Fsp3) is 0.346. The number of benzene rings is 2. The van der Waals surface area contributed by atoms with Gasteiger partial charge in [0.2, 0.25) is 0 Å². The molecule has 3 aliphatic carbocycles. The maximum Gasteiger partial charge on any atom is 0.306 e. The number of anilines is 1. The summed E-state index contributed by atoms with van der Waals surface area (Å²) in [6, 6.07) is 7.77. The molecule has 0 saturated heterocycles. The van der Waals surface area contributed by atoms with E-state index >= 15 is 0 Å². The van der Waals surface area contributed by atoms with E-state index in [0.717, 1.165) is 29.4 Å². The third-order valence-corrected chi connectivity index (χ3v) is 7.19. The van der Waals surface area contributed by atoms with Gasteiger partial charge in [-0.2, -0.15) is 0 Å². The van der Waals surface area contributed by atoms with Crippen molar-refractivity contribution < 1.29 is 18.7 Å². The molecule has 6 nitrogen and oxygen atoms in total. The van der Waals surface area contributed by atoms with E-state index in [1.54, 1.807) is 6.20 Å². The summed E-state index contributed by atoms with van der Waals surface area (Å²) in [5.41, 5.74) is 8.46. The number of aryl methyl sites for hydroxylation is 1. The van der Waals surface area contributed by atoms with Gasteiger partial charge in [0, 0.05) is 28.6 Å². The molecule has 2 bridgehead atoms. The van der Waals surface area contributed by atoms with Crippen molar-refractivity contribution in [3.63, 3.8) is 0 Å². The molecule has 0 spiro atoms. The molecule has 0 radical (unpaired) electrons. The molecular formula is C26H26F2N4O2. The molecule has 176 valence electrons. The highest BCUT2D eigenvalue weighted by Gasteiger charge is 2.39. The summed E-state index contributed by atoms with van der Waals surface area (Å²) >= 11 is 0. The fourth-order valence-corrected chi connectivity index (χ4v) is 5.40. The molecule has 1 atom stereocenters. The van der Waals surface area contributed by atoms with Gasteiger partial charge in [-0.3, -0.25) is 4.79 Å². The molecule has 7 rings (SSSR count). The molecule has 8 heteroatoms. The highest BCUT2D eigenvalue weighted by Crippen LogP contribution is 2.44. The van der Waals surface area contributed by atoms with Gasteiger partial charge in [-0.25, -0.2) is 18.7 Å². The Labute approximate surface area is 195 Å². The Balaban J connectivity index is 0.000000183. The second-order valence-corrected chi connectivity index (χ2v) is 9.43. The summed E-state index contributed by atoms with van der Waals surface area (Å²) in [5.74, 6) is 0.0462. The molecule has 0 amide bonds. The summed E-state index contributed by atoms with van der Waals surface area (Å²) in [4.78, 5) is 22.3. The minimum Gasteiger partial charge on any atom is -0.481 e. The van der Waals surface area contributed by atoms with Crippen molar-refractivity contribution in [3.8, 4) is 11.4 Å². The number of nitrogens with zero attached hydrogens (tertiary/aromatic N) is 2. The molecule has 0 aliphatic heterocycles. The number of aliphatic carboxylic acids is 1. The number of hydrogen-bond donors (Lipinski definition) is 3. The number of carboxylic acids is 1.